The maximum absolute atomic E-state index is 12.6. The molecule has 0 N–H and O–H groups in total. The van der Waals surface area contributed by atoms with Crippen LogP contribution < -0.4 is 9.47 Å². The van der Waals surface area contributed by atoms with Crippen molar-refractivity contribution in [3.63, 3.8) is 0 Å². The van der Waals surface area contributed by atoms with Crippen molar-refractivity contribution in [3.8, 4) is 11.5 Å². The summed E-state index contributed by atoms with van der Waals surface area (Å²) in [5, 5.41) is 0. The Morgan fingerprint density at radius 3 is 2.92 bits per heavy atom. The number of nitrogens with zero attached hydrogens (tertiary/aromatic N) is 2. The Balaban J connectivity index is 1.39. The molecule has 2 heterocycles. The monoisotopic (exact) mass is 386 g/mol. The summed E-state index contributed by atoms with van der Waals surface area (Å²) in [5.41, 5.74) is 2.02. The van der Waals surface area contributed by atoms with Gasteiger partial charge < -0.3 is 14.4 Å². The highest BCUT2D eigenvalue weighted by Gasteiger charge is 2.17. The molecule has 0 unspecified atom stereocenters. The number of thioether (sulfide) groups is 1. The summed E-state index contributed by atoms with van der Waals surface area (Å²) in [6, 6.07) is 13.8. The molecule has 5 nitrogen and oxygen atoms in total. The summed E-state index contributed by atoms with van der Waals surface area (Å²) >= 11 is 3.13. The fraction of sp³-hybridized carbons (Fsp3) is 0.263. The lowest BCUT2D eigenvalue weighted by molar-refractivity contribution is -0.128. The molecule has 0 aliphatic carbocycles. The first kappa shape index (κ1) is 17.2. The van der Waals surface area contributed by atoms with E-state index >= 15 is 0 Å². The number of thiazole rings is 1. The number of rotatable bonds is 6. The van der Waals surface area contributed by atoms with E-state index in [-0.39, 0.29) is 12.7 Å². The van der Waals surface area contributed by atoms with Crippen LogP contribution in [0.2, 0.25) is 0 Å². The predicted molar refractivity (Wildman–Crippen MR) is 104 cm³/mol. The number of aromatic nitrogens is 1. The zero-order chi connectivity index (χ0) is 17.9. The van der Waals surface area contributed by atoms with Gasteiger partial charge in [-0.1, -0.05) is 30.0 Å². The van der Waals surface area contributed by atoms with Crippen LogP contribution in [0.15, 0.2) is 46.8 Å². The van der Waals surface area contributed by atoms with Crippen molar-refractivity contribution in [2.75, 3.05) is 19.1 Å². The first-order valence-electron chi connectivity index (χ1n) is 8.37. The van der Waals surface area contributed by atoms with Gasteiger partial charge in [0.1, 0.15) is 0 Å². The van der Waals surface area contributed by atoms with E-state index < -0.39 is 0 Å². The number of carbonyl (C=O) groups is 1. The van der Waals surface area contributed by atoms with Gasteiger partial charge in [0.25, 0.3) is 0 Å². The number of fused-ring (bicyclic) bond motifs is 2. The van der Waals surface area contributed by atoms with E-state index in [1.54, 1.807) is 11.3 Å². The molecule has 0 spiro atoms. The SMILES string of the molecule is CCN(Cc1ccc2c(c1)OCO2)C(=O)CSc1nc2ccccc2s1. The molecule has 0 radical (unpaired) electrons. The number of carbonyl (C=O) groups excluding carboxylic acids is 1. The number of hydrogen-bond acceptors (Lipinski definition) is 6. The molecule has 1 aliphatic rings. The lowest BCUT2D eigenvalue weighted by Gasteiger charge is -2.20. The van der Waals surface area contributed by atoms with Crippen molar-refractivity contribution >= 4 is 39.2 Å². The summed E-state index contributed by atoms with van der Waals surface area (Å²) in [7, 11) is 0. The molecule has 7 heteroatoms. The first-order valence-corrected chi connectivity index (χ1v) is 10.2. The highest BCUT2D eigenvalue weighted by atomic mass is 32.2. The van der Waals surface area contributed by atoms with E-state index in [9.17, 15) is 4.79 Å². The summed E-state index contributed by atoms with van der Waals surface area (Å²) in [6.07, 6.45) is 0. The van der Waals surface area contributed by atoms with Crippen LogP contribution in [-0.4, -0.2) is 34.9 Å². The molecule has 1 aliphatic heterocycles. The molecule has 0 saturated carbocycles. The van der Waals surface area contributed by atoms with Gasteiger partial charge in [-0.2, -0.15) is 0 Å². The van der Waals surface area contributed by atoms with E-state index in [1.807, 2.05) is 48.2 Å². The van der Waals surface area contributed by atoms with Crippen LogP contribution >= 0.6 is 23.1 Å². The minimum atomic E-state index is 0.106. The normalized spacial score (nSPS) is 12.5. The molecule has 3 aromatic rings. The second-order valence-electron chi connectivity index (χ2n) is 5.83. The standard InChI is InChI=1S/C19H18N2O3S2/c1-2-21(10-13-7-8-15-16(9-13)24-12-23-15)18(22)11-25-19-20-14-5-3-4-6-17(14)26-19/h3-9H,2,10-12H2,1H3. The molecule has 2 aromatic carbocycles. The Morgan fingerprint density at radius 2 is 2.08 bits per heavy atom. The van der Waals surface area contributed by atoms with E-state index in [0.717, 1.165) is 31.6 Å². The van der Waals surface area contributed by atoms with E-state index in [2.05, 4.69) is 11.1 Å². The quantitative estimate of drug-likeness (QED) is 0.595. The average Bonchev–Trinajstić information content (AvgIpc) is 3.29. The predicted octanol–water partition coefficient (Wildman–Crippen LogP) is 4.17. The topological polar surface area (TPSA) is 51.7 Å². The smallest absolute Gasteiger partial charge is 0.233 e. The fourth-order valence-electron chi connectivity index (χ4n) is 2.76. The zero-order valence-corrected chi connectivity index (χ0v) is 15.9. The lowest BCUT2D eigenvalue weighted by Crippen LogP contribution is -2.31. The van der Waals surface area contributed by atoms with Crippen LogP contribution in [0, 0.1) is 0 Å². The fourth-order valence-corrected chi connectivity index (χ4v) is 4.73. The van der Waals surface area contributed by atoms with Crippen molar-refractivity contribution in [3.05, 3.63) is 48.0 Å². The second kappa shape index (κ2) is 7.55. The summed E-state index contributed by atoms with van der Waals surface area (Å²) in [5.74, 6) is 2.00. The largest absolute Gasteiger partial charge is 0.454 e. The minimum absolute atomic E-state index is 0.106. The molecule has 4 rings (SSSR count). The summed E-state index contributed by atoms with van der Waals surface area (Å²) in [4.78, 5) is 19.0. The number of hydrogen-bond donors (Lipinski definition) is 0. The third-order valence-electron chi connectivity index (χ3n) is 4.14. The van der Waals surface area contributed by atoms with Gasteiger partial charge in [-0.25, -0.2) is 4.98 Å². The molecular weight excluding hydrogens is 368 g/mol. The summed E-state index contributed by atoms with van der Waals surface area (Å²) in [6.45, 7) is 3.47. The van der Waals surface area contributed by atoms with E-state index in [0.29, 0.717) is 18.8 Å². The molecular formula is C19H18N2O3S2. The van der Waals surface area contributed by atoms with Gasteiger partial charge in [0.05, 0.1) is 16.0 Å². The van der Waals surface area contributed by atoms with Crippen LogP contribution in [0.3, 0.4) is 0 Å². The maximum Gasteiger partial charge on any atom is 0.233 e. The molecule has 0 saturated heterocycles. The van der Waals surface area contributed by atoms with Crippen molar-refractivity contribution < 1.29 is 14.3 Å². The Hall–Kier alpha value is -2.25. The van der Waals surface area contributed by atoms with E-state index in [4.69, 9.17) is 9.47 Å². The van der Waals surface area contributed by atoms with Crippen LogP contribution in [0.25, 0.3) is 10.2 Å². The number of benzene rings is 2. The molecule has 26 heavy (non-hydrogen) atoms. The van der Waals surface area contributed by atoms with Gasteiger partial charge in [0.2, 0.25) is 12.7 Å². The molecule has 0 bridgehead atoms. The van der Waals surface area contributed by atoms with Gasteiger partial charge in [0, 0.05) is 13.1 Å². The highest BCUT2D eigenvalue weighted by molar-refractivity contribution is 8.01. The Kier molecular flexibility index (Phi) is 4.99. The van der Waals surface area contributed by atoms with Crippen LogP contribution in [0.4, 0.5) is 0 Å². The maximum atomic E-state index is 12.6. The van der Waals surface area contributed by atoms with E-state index in [1.165, 1.54) is 11.8 Å². The Bertz CT molecular complexity index is 908. The lowest BCUT2D eigenvalue weighted by atomic mass is 10.2. The number of amides is 1. The van der Waals surface area contributed by atoms with Gasteiger partial charge in [-0.15, -0.1) is 11.3 Å². The van der Waals surface area contributed by atoms with Crippen molar-refractivity contribution in [1.29, 1.82) is 0 Å². The first-order chi connectivity index (χ1) is 12.7. The zero-order valence-electron chi connectivity index (χ0n) is 14.3. The van der Waals surface area contributed by atoms with Crippen LogP contribution in [0.5, 0.6) is 11.5 Å². The van der Waals surface area contributed by atoms with Gasteiger partial charge >= 0.3 is 0 Å². The number of para-hydroxylation sites is 1. The third-order valence-corrected chi connectivity index (χ3v) is 6.30. The van der Waals surface area contributed by atoms with Crippen molar-refractivity contribution in [2.24, 2.45) is 0 Å². The summed E-state index contributed by atoms with van der Waals surface area (Å²) < 4.78 is 12.8. The average molecular weight is 386 g/mol. The van der Waals surface area contributed by atoms with Crippen molar-refractivity contribution in [1.82, 2.24) is 9.88 Å². The highest BCUT2D eigenvalue weighted by Crippen LogP contribution is 2.33. The van der Waals surface area contributed by atoms with Gasteiger partial charge in [-0.3, -0.25) is 4.79 Å². The third kappa shape index (κ3) is 3.64. The van der Waals surface area contributed by atoms with Gasteiger partial charge in [-0.05, 0) is 36.8 Å². The molecule has 134 valence electrons. The molecule has 1 aromatic heterocycles. The van der Waals surface area contributed by atoms with Crippen LogP contribution in [0.1, 0.15) is 12.5 Å². The van der Waals surface area contributed by atoms with Crippen LogP contribution in [-0.2, 0) is 11.3 Å². The van der Waals surface area contributed by atoms with Gasteiger partial charge in [0.15, 0.2) is 15.8 Å². The molecule has 0 atom stereocenters. The van der Waals surface area contributed by atoms with Crippen molar-refractivity contribution in [2.45, 2.75) is 17.8 Å². The minimum Gasteiger partial charge on any atom is -0.454 e. The molecule has 0 fully saturated rings. The Morgan fingerprint density at radius 1 is 1.23 bits per heavy atom. The second-order valence-corrected chi connectivity index (χ2v) is 8.08. The number of ether oxygens (including phenoxy) is 2. The Labute approximate surface area is 159 Å². The molecule has 1 amide bonds.